The first kappa shape index (κ1) is 14.3. The second-order valence-corrected chi connectivity index (χ2v) is 6.50. The summed E-state index contributed by atoms with van der Waals surface area (Å²) >= 11 is 1.52. The van der Waals surface area contributed by atoms with Gasteiger partial charge in [0, 0.05) is 23.4 Å². The fourth-order valence-corrected chi connectivity index (χ4v) is 2.99. The molecular weight excluding hydrogens is 262 g/mol. The molecule has 1 aromatic heterocycles. The molecule has 1 aliphatic heterocycles. The van der Waals surface area contributed by atoms with Crippen molar-refractivity contribution in [3.63, 3.8) is 0 Å². The molecule has 19 heavy (non-hydrogen) atoms. The van der Waals surface area contributed by atoms with Crippen LogP contribution < -0.4 is 10.6 Å². The molecule has 1 aromatic rings. The molecule has 2 N–H and O–H groups in total. The summed E-state index contributed by atoms with van der Waals surface area (Å²) in [4.78, 5) is 17.4. The van der Waals surface area contributed by atoms with Crippen LogP contribution in [-0.2, 0) is 11.2 Å². The van der Waals surface area contributed by atoms with Gasteiger partial charge in [0.1, 0.15) is 0 Å². The molecule has 0 radical (unpaired) electrons. The molecule has 0 aliphatic carbocycles. The van der Waals surface area contributed by atoms with Gasteiger partial charge in [-0.2, -0.15) is 0 Å². The monoisotopic (exact) mass is 283 g/mol. The van der Waals surface area contributed by atoms with E-state index in [1.165, 1.54) is 11.3 Å². The van der Waals surface area contributed by atoms with E-state index >= 15 is 0 Å². The van der Waals surface area contributed by atoms with Gasteiger partial charge in [-0.25, -0.2) is 9.78 Å². The minimum Gasteiger partial charge on any atom is -0.381 e. The Morgan fingerprint density at radius 2 is 2.37 bits per heavy atom. The first-order chi connectivity index (χ1) is 9.02. The van der Waals surface area contributed by atoms with Crippen LogP contribution in [0.15, 0.2) is 0 Å². The largest absolute Gasteiger partial charge is 0.381 e. The zero-order chi connectivity index (χ0) is 13.9. The molecule has 1 aliphatic rings. The van der Waals surface area contributed by atoms with Gasteiger partial charge in [-0.05, 0) is 19.8 Å². The molecule has 106 valence electrons. The van der Waals surface area contributed by atoms with Crippen LogP contribution in [0.1, 0.15) is 30.8 Å². The predicted octanol–water partition coefficient (Wildman–Crippen LogP) is 2.56. The lowest BCUT2D eigenvalue weighted by Crippen LogP contribution is -2.38. The van der Waals surface area contributed by atoms with Crippen molar-refractivity contribution in [2.45, 2.75) is 33.6 Å². The van der Waals surface area contributed by atoms with E-state index in [1.807, 2.05) is 6.92 Å². The third kappa shape index (κ3) is 3.67. The van der Waals surface area contributed by atoms with Gasteiger partial charge in [-0.15, -0.1) is 11.3 Å². The van der Waals surface area contributed by atoms with E-state index in [0.717, 1.165) is 30.0 Å². The number of urea groups is 1. The molecular formula is C13H21N3O2S. The van der Waals surface area contributed by atoms with Gasteiger partial charge in [-0.3, -0.25) is 5.32 Å². The maximum absolute atomic E-state index is 11.8. The van der Waals surface area contributed by atoms with E-state index in [9.17, 15) is 4.79 Å². The average Bonchev–Trinajstić information content (AvgIpc) is 2.94. The highest BCUT2D eigenvalue weighted by Crippen LogP contribution is 2.26. The van der Waals surface area contributed by atoms with Crippen LogP contribution in [0, 0.1) is 12.3 Å². The summed E-state index contributed by atoms with van der Waals surface area (Å²) in [5, 5.41) is 6.36. The Labute approximate surface area is 117 Å². The maximum Gasteiger partial charge on any atom is 0.321 e. The number of aryl methyl sites for hydroxylation is 2. The Morgan fingerprint density at radius 3 is 2.95 bits per heavy atom. The topological polar surface area (TPSA) is 63.2 Å². The second-order valence-electron chi connectivity index (χ2n) is 5.30. The van der Waals surface area contributed by atoms with Gasteiger partial charge in [0.15, 0.2) is 5.13 Å². The number of rotatable bonds is 4. The number of carbonyl (C=O) groups excluding carboxylic acids is 1. The molecule has 2 amide bonds. The normalized spacial score (nSPS) is 22.5. The second kappa shape index (κ2) is 5.88. The number of nitrogens with one attached hydrogen (secondary N) is 2. The quantitative estimate of drug-likeness (QED) is 0.892. The van der Waals surface area contributed by atoms with Crippen LogP contribution in [0.3, 0.4) is 0 Å². The first-order valence-corrected chi connectivity index (χ1v) is 7.43. The van der Waals surface area contributed by atoms with E-state index in [-0.39, 0.29) is 11.4 Å². The highest BCUT2D eigenvalue weighted by atomic mass is 32.1. The summed E-state index contributed by atoms with van der Waals surface area (Å²) < 4.78 is 5.36. The Morgan fingerprint density at radius 1 is 1.58 bits per heavy atom. The lowest BCUT2D eigenvalue weighted by Gasteiger charge is -2.21. The van der Waals surface area contributed by atoms with Gasteiger partial charge in [0.2, 0.25) is 0 Å². The fraction of sp³-hybridized carbons (Fsp3) is 0.692. The molecule has 1 fully saturated rings. The number of nitrogens with zero attached hydrogens (tertiary/aromatic N) is 1. The highest BCUT2D eigenvalue weighted by molar-refractivity contribution is 7.15. The molecule has 1 unspecified atom stereocenters. The summed E-state index contributed by atoms with van der Waals surface area (Å²) in [6.45, 7) is 8.34. The van der Waals surface area contributed by atoms with Crippen LogP contribution in [0.2, 0.25) is 0 Å². The Kier molecular flexibility index (Phi) is 4.42. The Bertz CT molecular complexity index is 453. The van der Waals surface area contributed by atoms with Crippen molar-refractivity contribution in [3.05, 3.63) is 10.6 Å². The molecule has 5 nitrogen and oxygen atoms in total. The van der Waals surface area contributed by atoms with Crippen molar-refractivity contribution < 1.29 is 9.53 Å². The van der Waals surface area contributed by atoms with E-state index < -0.39 is 0 Å². The van der Waals surface area contributed by atoms with Crippen LogP contribution in [0.5, 0.6) is 0 Å². The van der Waals surface area contributed by atoms with Gasteiger partial charge in [-0.1, -0.05) is 13.8 Å². The minimum atomic E-state index is -0.190. The minimum absolute atomic E-state index is 0.0602. The lowest BCUT2D eigenvalue weighted by atomic mass is 9.90. The van der Waals surface area contributed by atoms with Crippen molar-refractivity contribution >= 4 is 22.5 Å². The van der Waals surface area contributed by atoms with Crippen molar-refractivity contribution in [3.8, 4) is 0 Å². The third-order valence-electron chi connectivity index (χ3n) is 3.42. The van der Waals surface area contributed by atoms with E-state index in [1.54, 1.807) is 0 Å². The number of anilines is 1. The van der Waals surface area contributed by atoms with Crippen molar-refractivity contribution in [2.24, 2.45) is 5.41 Å². The molecule has 6 heteroatoms. The molecule has 0 saturated carbocycles. The zero-order valence-corrected chi connectivity index (χ0v) is 12.5. The molecule has 2 rings (SSSR count). The number of hydrogen-bond acceptors (Lipinski definition) is 4. The first-order valence-electron chi connectivity index (χ1n) is 6.61. The zero-order valence-electron chi connectivity index (χ0n) is 11.7. The number of carbonyl (C=O) groups is 1. The summed E-state index contributed by atoms with van der Waals surface area (Å²) in [5.41, 5.74) is 1.11. The Hall–Kier alpha value is -1.14. The van der Waals surface area contributed by atoms with Crippen molar-refractivity contribution in [1.82, 2.24) is 10.3 Å². The van der Waals surface area contributed by atoms with Crippen LogP contribution in [-0.4, -0.2) is 30.8 Å². The number of thiazole rings is 1. The molecule has 1 saturated heterocycles. The van der Waals surface area contributed by atoms with E-state index in [4.69, 9.17) is 4.74 Å². The average molecular weight is 283 g/mol. The standard InChI is InChI=1S/C13H21N3O2S/c1-4-10-9(2)19-12(15-10)16-11(17)14-7-13(3)5-6-18-8-13/h4-8H2,1-3H3,(H2,14,15,16,17). The summed E-state index contributed by atoms with van der Waals surface area (Å²) in [6, 6.07) is -0.190. The lowest BCUT2D eigenvalue weighted by molar-refractivity contribution is 0.159. The molecule has 1 atom stereocenters. The number of ether oxygens (including phenoxy) is 1. The van der Waals surface area contributed by atoms with Gasteiger partial charge in [0.25, 0.3) is 0 Å². The Balaban J connectivity index is 1.83. The molecule has 0 bridgehead atoms. The van der Waals surface area contributed by atoms with Crippen LogP contribution in [0.4, 0.5) is 9.93 Å². The number of amides is 2. The van der Waals surface area contributed by atoms with E-state index in [2.05, 4.69) is 29.5 Å². The SMILES string of the molecule is CCc1nc(NC(=O)NCC2(C)CCOC2)sc1C. The van der Waals surface area contributed by atoms with Crippen molar-refractivity contribution in [2.75, 3.05) is 25.1 Å². The van der Waals surface area contributed by atoms with Gasteiger partial charge in [0.05, 0.1) is 12.3 Å². The van der Waals surface area contributed by atoms with Crippen LogP contribution >= 0.6 is 11.3 Å². The fourth-order valence-electron chi connectivity index (χ4n) is 2.09. The van der Waals surface area contributed by atoms with Crippen LogP contribution in [0.25, 0.3) is 0 Å². The van der Waals surface area contributed by atoms with Gasteiger partial charge >= 0.3 is 6.03 Å². The summed E-state index contributed by atoms with van der Waals surface area (Å²) in [5.74, 6) is 0. The smallest absolute Gasteiger partial charge is 0.321 e. The molecule has 2 heterocycles. The van der Waals surface area contributed by atoms with Gasteiger partial charge < -0.3 is 10.1 Å². The third-order valence-corrected chi connectivity index (χ3v) is 4.35. The molecule has 0 spiro atoms. The number of hydrogen-bond donors (Lipinski definition) is 2. The summed E-state index contributed by atoms with van der Waals surface area (Å²) in [6.07, 6.45) is 1.88. The molecule has 0 aromatic carbocycles. The predicted molar refractivity (Wildman–Crippen MR) is 76.8 cm³/mol. The van der Waals surface area contributed by atoms with E-state index in [0.29, 0.717) is 18.3 Å². The number of aromatic nitrogens is 1. The maximum atomic E-state index is 11.8. The van der Waals surface area contributed by atoms with Crippen molar-refractivity contribution in [1.29, 1.82) is 0 Å². The highest BCUT2D eigenvalue weighted by Gasteiger charge is 2.30. The summed E-state index contributed by atoms with van der Waals surface area (Å²) in [7, 11) is 0.